The van der Waals surface area contributed by atoms with Gasteiger partial charge in [-0.15, -0.1) is 0 Å². The zero-order chi connectivity index (χ0) is 15.8. The average molecular weight is 305 g/mol. The largest absolute Gasteiger partial charge is 0.494 e. The molecule has 1 fully saturated rings. The van der Waals surface area contributed by atoms with Crippen molar-refractivity contribution in [1.82, 2.24) is 4.90 Å². The van der Waals surface area contributed by atoms with Crippen LogP contribution in [-0.2, 0) is 5.60 Å². The van der Waals surface area contributed by atoms with Crippen LogP contribution in [0.1, 0.15) is 57.9 Å². The van der Waals surface area contributed by atoms with Gasteiger partial charge in [-0.2, -0.15) is 0 Å². The summed E-state index contributed by atoms with van der Waals surface area (Å²) in [4.78, 5) is 2.50. The minimum Gasteiger partial charge on any atom is -0.494 e. The van der Waals surface area contributed by atoms with E-state index in [0.29, 0.717) is 6.61 Å². The Labute approximate surface area is 135 Å². The molecule has 1 saturated heterocycles. The number of ether oxygens (including phenoxy) is 1. The molecule has 124 valence electrons. The van der Waals surface area contributed by atoms with Crippen LogP contribution in [0.25, 0.3) is 0 Å². The summed E-state index contributed by atoms with van der Waals surface area (Å²) < 4.78 is 5.50. The van der Waals surface area contributed by atoms with Crippen LogP contribution in [0.4, 0.5) is 0 Å². The first kappa shape index (κ1) is 17.3. The summed E-state index contributed by atoms with van der Waals surface area (Å²) in [5.41, 5.74) is 0.312. The van der Waals surface area contributed by atoms with Gasteiger partial charge >= 0.3 is 0 Å². The van der Waals surface area contributed by atoms with Crippen LogP contribution in [0.2, 0.25) is 0 Å². The number of aliphatic hydroxyl groups is 1. The standard InChI is InChI=1S/C19H31NO2/c1-3-12-19(21,13-16-20-14-6-5-7-15-20)17-8-10-18(11-9-17)22-4-2/h8-11,21H,3-7,12-16H2,1-2H3/t19-/m0/s1. The van der Waals surface area contributed by atoms with E-state index in [2.05, 4.69) is 11.8 Å². The first-order valence-corrected chi connectivity index (χ1v) is 8.86. The number of rotatable bonds is 8. The van der Waals surface area contributed by atoms with Crippen molar-refractivity contribution in [2.45, 2.75) is 58.0 Å². The van der Waals surface area contributed by atoms with Crippen molar-refractivity contribution in [3.05, 3.63) is 29.8 Å². The summed E-state index contributed by atoms with van der Waals surface area (Å²) in [6.07, 6.45) is 6.58. The molecule has 3 heteroatoms. The van der Waals surface area contributed by atoms with Crippen molar-refractivity contribution < 1.29 is 9.84 Å². The molecule has 1 N–H and O–H groups in total. The van der Waals surface area contributed by atoms with E-state index in [9.17, 15) is 5.11 Å². The molecule has 0 spiro atoms. The highest BCUT2D eigenvalue weighted by atomic mass is 16.5. The third-order valence-electron chi connectivity index (χ3n) is 4.66. The highest BCUT2D eigenvalue weighted by Crippen LogP contribution is 2.32. The Kier molecular flexibility index (Phi) is 6.71. The van der Waals surface area contributed by atoms with E-state index < -0.39 is 5.60 Å². The first-order chi connectivity index (χ1) is 10.7. The maximum atomic E-state index is 11.2. The third-order valence-corrected chi connectivity index (χ3v) is 4.66. The highest BCUT2D eigenvalue weighted by Gasteiger charge is 2.29. The number of likely N-dealkylation sites (tertiary alicyclic amines) is 1. The molecule has 22 heavy (non-hydrogen) atoms. The molecule has 0 radical (unpaired) electrons. The van der Waals surface area contributed by atoms with E-state index in [1.807, 2.05) is 31.2 Å². The third kappa shape index (κ3) is 4.72. The predicted octanol–water partition coefficient (Wildman–Crippen LogP) is 3.95. The molecule has 0 saturated carbocycles. The Bertz CT molecular complexity index is 426. The lowest BCUT2D eigenvalue weighted by Gasteiger charge is -2.33. The summed E-state index contributed by atoms with van der Waals surface area (Å²) in [6, 6.07) is 7.99. The molecule has 1 aliphatic rings. The van der Waals surface area contributed by atoms with Crippen LogP contribution >= 0.6 is 0 Å². The van der Waals surface area contributed by atoms with Gasteiger partial charge in [0.15, 0.2) is 0 Å². The fraction of sp³-hybridized carbons (Fsp3) is 0.684. The summed E-state index contributed by atoms with van der Waals surface area (Å²) in [5, 5.41) is 11.2. The predicted molar refractivity (Wildman–Crippen MR) is 91.3 cm³/mol. The topological polar surface area (TPSA) is 32.7 Å². The second kappa shape index (κ2) is 8.54. The first-order valence-electron chi connectivity index (χ1n) is 8.86. The molecule has 1 heterocycles. The van der Waals surface area contributed by atoms with Gasteiger partial charge in [-0.3, -0.25) is 0 Å². The van der Waals surface area contributed by atoms with Gasteiger partial charge in [-0.05, 0) is 63.4 Å². The van der Waals surface area contributed by atoms with E-state index >= 15 is 0 Å². The van der Waals surface area contributed by atoms with Crippen molar-refractivity contribution >= 4 is 0 Å². The van der Waals surface area contributed by atoms with Crippen LogP contribution in [0.15, 0.2) is 24.3 Å². The molecule has 0 aromatic heterocycles. The molecule has 0 bridgehead atoms. The number of hydrogen-bond acceptors (Lipinski definition) is 3. The van der Waals surface area contributed by atoms with E-state index in [1.165, 1.54) is 32.4 Å². The zero-order valence-corrected chi connectivity index (χ0v) is 14.2. The lowest BCUT2D eigenvalue weighted by molar-refractivity contribution is 0.00642. The Morgan fingerprint density at radius 2 is 1.73 bits per heavy atom. The Morgan fingerprint density at radius 3 is 2.32 bits per heavy atom. The minimum absolute atomic E-state index is 0.674. The molecule has 2 rings (SSSR count). The molecule has 3 nitrogen and oxygen atoms in total. The SMILES string of the molecule is CCC[C@](O)(CCN1CCCCC1)c1ccc(OCC)cc1. The quantitative estimate of drug-likeness (QED) is 0.789. The van der Waals surface area contributed by atoms with Crippen molar-refractivity contribution in [2.75, 3.05) is 26.2 Å². The van der Waals surface area contributed by atoms with Crippen molar-refractivity contribution in [2.24, 2.45) is 0 Å². The van der Waals surface area contributed by atoms with Crippen LogP contribution in [0.5, 0.6) is 5.75 Å². The summed E-state index contributed by atoms with van der Waals surface area (Å²) >= 11 is 0. The second-order valence-corrected chi connectivity index (χ2v) is 6.39. The van der Waals surface area contributed by atoms with E-state index in [4.69, 9.17) is 4.74 Å². The van der Waals surface area contributed by atoms with Crippen LogP contribution in [-0.4, -0.2) is 36.2 Å². The van der Waals surface area contributed by atoms with Gasteiger partial charge in [0, 0.05) is 6.54 Å². The molecule has 0 unspecified atom stereocenters. The highest BCUT2D eigenvalue weighted by molar-refractivity contribution is 5.31. The number of nitrogens with zero attached hydrogens (tertiary/aromatic N) is 1. The summed E-state index contributed by atoms with van der Waals surface area (Å²) in [7, 11) is 0. The molecule has 1 aromatic carbocycles. The van der Waals surface area contributed by atoms with Crippen molar-refractivity contribution in [3.8, 4) is 5.75 Å². The second-order valence-electron chi connectivity index (χ2n) is 6.39. The van der Waals surface area contributed by atoms with Crippen LogP contribution in [0, 0.1) is 0 Å². The zero-order valence-electron chi connectivity index (χ0n) is 14.2. The Balaban J connectivity index is 2.01. The number of hydrogen-bond donors (Lipinski definition) is 1. The lowest BCUT2D eigenvalue weighted by Crippen LogP contribution is -2.36. The lowest BCUT2D eigenvalue weighted by atomic mass is 9.86. The van der Waals surface area contributed by atoms with Gasteiger partial charge in [0.25, 0.3) is 0 Å². The van der Waals surface area contributed by atoms with Gasteiger partial charge in [0.2, 0.25) is 0 Å². The minimum atomic E-state index is -0.711. The van der Waals surface area contributed by atoms with Crippen LogP contribution < -0.4 is 4.74 Å². The normalized spacial score (nSPS) is 18.9. The fourth-order valence-corrected chi connectivity index (χ4v) is 3.38. The molecule has 1 aliphatic heterocycles. The summed E-state index contributed by atoms with van der Waals surface area (Å²) in [5.74, 6) is 0.876. The number of benzene rings is 1. The van der Waals surface area contributed by atoms with Crippen LogP contribution in [0.3, 0.4) is 0 Å². The van der Waals surface area contributed by atoms with Gasteiger partial charge < -0.3 is 14.7 Å². The molecule has 0 amide bonds. The summed E-state index contributed by atoms with van der Waals surface area (Å²) in [6.45, 7) is 8.16. The van der Waals surface area contributed by atoms with E-state index in [0.717, 1.165) is 37.1 Å². The molecular formula is C19H31NO2. The smallest absolute Gasteiger partial charge is 0.119 e. The van der Waals surface area contributed by atoms with E-state index in [-0.39, 0.29) is 0 Å². The Hall–Kier alpha value is -1.06. The number of piperidine rings is 1. The van der Waals surface area contributed by atoms with E-state index in [1.54, 1.807) is 0 Å². The molecule has 0 aliphatic carbocycles. The maximum absolute atomic E-state index is 11.2. The van der Waals surface area contributed by atoms with Gasteiger partial charge in [0.05, 0.1) is 12.2 Å². The molecule has 1 atom stereocenters. The van der Waals surface area contributed by atoms with Gasteiger partial charge in [0.1, 0.15) is 5.75 Å². The maximum Gasteiger partial charge on any atom is 0.119 e. The van der Waals surface area contributed by atoms with Gasteiger partial charge in [-0.25, -0.2) is 0 Å². The Morgan fingerprint density at radius 1 is 1.05 bits per heavy atom. The molecule has 1 aromatic rings. The fourth-order valence-electron chi connectivity index (χ4n) is 3.38. The van der Waals surface area contributed by atoms with Crippen molar-refractivity contribution in [1.29, 1.82) is 0 Å². The average Bonchev–Trinajstić information content (AvgIpc) is 2.55. The van der Waals surface area contributed by atoms with Gasteiger partial charge in [-0.1, -0.05) is 31.9 Å². The monoisotopic (exact) mass is 305 g/mol. The molecular weight excluding hydrogens is 274 g/mol. The van der Waals surface area contributed by atoms with Crippen molar-refractivity contribution in [3.63, 3.8) is 0 Å².